The van der Waals surface area contributed by atoms with Gasteiger partial charge < -0.3 is 14.2 Å². The standard InChI is InChI=1S/C21H19ClN2O6/c1-2-28-16-7-4-3-6-15(16)24-20(26)19(25)23(21(24)27)12-13-10-14(22)18-17(11-13)29-8-5-9-30-18/h3-4,6-7,10-11H,2,5,8-9,12H2,1H3. The van der Waals surface area contributed by atoms with Gasteiger partial charge in [-0.2, -0.15) is 0 Å². The number of urea groups is 1. The van der Waals surface area contributed by atoms with E-state index in [4.69, 9.17) is 25.8 Å². The lowest BCUT2D eigenvalue weighted by Gasteiger charge is -2.19. The van der Waals surface area contributed by atoms with Crippen molar-refractivity contribution in [2.45, 2.75) is 19.9 Å². The minimum absolute atomic E-state index is 0.132. The number of imide groups is 2. The molecule has 2 aromatic rings. The Hall–Kier alpha value is -3.26. The maximum Gasteiger partial charge on any atom is 0.339 e. The van der Waals surface area contributed by atoms with E-state index < -0.39 is 17.8 Å². The van der Waals surface area contributed by atoms with Gasteiger partial charge in [0.25, 0.3) is 0 Å². The Morgan fingerprint density at radius 1 is 1.07 bits per heavy atom. The largest absolute Gasteiger partial charge is 0.492 e. The molecular weight excluding hydrogens is 412 g/mol. The molecule has 30 heavy (non-hydrogen) atoms. The Labute approximate surface area is 177 Å². The van der Waals surface area contributed by atoms with Crippen LogP contribution >= 0.6 is 11.6 Å². The molecule has 1 fully saturated rings. The molecular formula is C21H19ClN2O6. The first-order valence-corrected chi connectivity index (χ1v) is 9.88. The van der Waals surface area contributed by atoms with E-state index in [1.54, 1.807) is 43.3 Å². The Morgan fingerprint density at radius 3 is 2.63 bits per heavy atom. The zero-order chi connectivity index (χ0) is 21.3. The number of hydrogen-bond acceptors (Lipinski definition) is 6. The number of ether oxygens (including phenoxy) is 3. The number of carbonyl (C=O) groups is 3. The van der Waals surface area contributed by atoms with Gasteiger partial charge >= 0.3 is 17.8 Å². The minimum atomic E-state index is -0.937. The van der Waals surface area contributed by atoms with Crippen molar-refractivity contribution in [1.82, 2.24) is 4.90 Å². The average molecular weight is 431 g/mol. The van der Waals surface area contributed by atoms with Crippen LogP contribution in [0.15, 0.2) is 36.4 Å². The molecule has 0 radical (unpaired) electrons. The second-order valence-corrected chi connectivity index (χ2v) is 7.08. The summed E-state index contributed by atoms with van der Waals surface area (Å²) < 4.78 is 16.7. The summed E-state index contributed by atoms with van der Waals surface area (Å²) >= 11 is 6.30. The molecule has 0 N–H and O–H groups in total. The zero-order valence-corrected chi connectivity index (χ0v) is 17.0. The van der Waals surface area contributed by atoms with E-state index in [2.05, 4.69) is 0 Å². The molecule has 156 valence electrons. The predicted molar refractivity (Wildman–Crippen MR) is 108 cm³/mol. The number of fused-ring (bicyclic) bond motifs is 1. The minimum Gasteiger partial charge on any atom is -0.492 e. The summed E-state index contributed by atoms with van der Waals surface area (Å²) in [5.74, 6) is -0.642. The SMILES string of the molecule is CCOc1ccccc1N1C(=O)C(=O)N(Cc2cc(Cl)c3c(c2)OCCCO3)C1=O. The number of carbonyl (C=O) groups excluding carboxylic acids is 3. The predicted octanol–water partition coefficient (Wildman–Crippen LogP) is 3.40. The van der Waals surface area contributed by atoms with Gasteiger partial charge in [0.2, 0.25) is 0 Å². The number of hydrogen-bond donors (Lipinski definition) is 0. The molecule has 2 heterocycles. The summed E-state index contributed by atoms with van der Waals surface area (Å²) in [7, 11) is 0. The highest BCUT2D eigenvalue weighted by molar-refractivity contribution is 6.52. The molecule has 0 atom stereocenters. The fourth-order valence-corrected chi connectivity index (χ4v) is 3.62. The molecule has 0 bridgehead atoms. The molecule has 4 rings (SSSR count). The van der Waals surface area contributed by atoms with Gasteiger partial charge in [-0.25, -0.2) is 9.69 Å². The lowest BCUT2D eigenvalue weighted by molar-refractivity contribution is -0.139. The Kier molecular flexibility index (Phi) is 5.50. The van der Waals surface area contributed by atoms with Gasteiger partial charge in [0.1, 0.15) is 5.75 Å². The van der Waals surface area contributed by atoms with Crippen molar-refractivity contribution in [2.24, 2.45) is 0 Å². The molecule has 4 amide bonds. The molecule has 0 aliphatic carbocycles. The first-order valence-electron chi connectivity index (χ1n) is 9.51. The van der Waals surface area contributed by atoms with E-state index in [9.17, 15) is 14.4 Å². The van der Waals surface area contributed by atoms with Crippen molar-refractivity contribution in [3.05, 3.63) is 47.0 Å². The molecule has 0 spiro atoms. The second kappa shape index (κ2) is 8.23. The number of rotatable bonds is 5. The normalized spacial score (nSPS) is 16.1. The highest BCUT2D eigenvalue weighted by Gasteiger charge is 2.46. The van der Waals surface area contributed by atoms with Crippen LogP contribution in [0.25, 0.3) is 0 Å². The maximum atomic E-state index is 13.0. The number of nitrogens with zero attached hydrogens (tertiary/aromatic N) is 2. The van der Waals surface area contributed by atoms with Gasteiger partial charge in [0, 0.05) is 6.42 Å². The topological polar surface area (TPSA) is 85.4 Å². The van der Waals surface area contributed by atoms with Crippen molar-refractivity contribution in [2.75, 3.05) is 24.7 Å². The third kappa shape index (κ3) is 3.54. The average Bonchev–Trinajstić information content (AvgIpc) is 2.90. The summed E-state index contributed by atoms with van der Waals surface area (Å²) in [6.07, 6.45) is 0.714. The van der Waals surface area contributed by atoms with Crippen molar-refractivity contribution in [1.29, 1.82) is 0 Å². The highest BCUT2D eigenvalue weighted by Crippen LogP contribution is 2.39. The maximum absolute atomic E-state index is 13.0. The number of halogens is 1. The molecule has 2 aliphatic rings. The van der Waals surface area contributed by atoms with E-state index in [-0.39, 0.29) is 12.2 Å². The molecule has 2 aliphatic heterocycles. The lowest BCUT2D eigenvalue weighted by atomic mass is 10.2. The molecule has 1 saturated heterocycles. The van der Waals surface area contributed by atoms with E-state index in [1.807, 2.05) is 0 Å². The van der Waals surface area contributed by atoms with Crippen LogP contribution in [0.5, 0.6) is 17.2 Å². The third-order valence-electron chi connectivity index (χ3n) is 4.66. The van der Waals surface area contributed by atoms with Crippen LogP contribution in [0.1, 0.15) is 18.9 Å². The van der Waals surface area contributed by atoms with Crippen LogP contribution in [0.2, 0.25) is 5.02 Å². The molecule has 8 nitrogen and oxygen atoms in total. The van der Waals surface area contributed by atoms with Crippen LogP contribution in [0.3, 0.4) is 0 Å². The Morgan fingerprint density at radius 2 is 1.83 bits per heavy atom. The Balaban J connectivity index is 1.63. The third-order valence-corrected chi connectivity index (χ3v) is 4.94. The molecule has 0 saturated carbocycles. The van der Waals surface area contributed by atoms with E-state index >= 15 is 0 Å². The summed E-state index contributed by atoms with van der Waals surface area (Å²) in [6.45, 7) is 2.95. The van der Waals surface area contributed by atoms with E-state index in [0.29, 0.717) is 54.1 Å². The van der Waals surface area contributed by atoms with Gasteiger partial charge in [-0.3, -0.25) is 14.5 Å². The number of benzene rings is 2. The fraction of sp³-hybridized carbons (Fsp3) is 0.286. The first kappa shape index (κ1) is 20.0. The molecule has 0 aromatic heterocycles. The lowest BCUT2D eigenvalue weighted by Crippen LogP contribution is -2.33. The van der Waals surface area contributed by atoms with Gasteiger partial charge in [-0.1, -0.05) is 23.7 Å². The van der Waals surface area contributed by atoms with Gasteiger partial charge in [0.15, 0.2) is 11.5 Å². The quantitative estimate of drug-likeness (QED) is 0.534. The van der Waals surface area contributed by atoms with Crippen molar-refractivity contribution in [3.63, 3.8) is 0 Å². The van der Waals surface area contributed by atoms with Crippen LogP contribution in [-0.4, -0.2) is 42.6 Å². The monoisotopic (exact) mass is 430 g/mol. The first-order chi connectivity index (χ1) is 14.5. The van der Waals surface area contributed by atoms with Crippen LogP contribution in [0, 0.1) is 0 Å². The second-order valence-electron chi connectivity index (χ2n) is 6.67. The summed E-state index contributed by atoms with van der Waals surface area (Å²) in [4.78, 5) is 39.9. The molecule has 2 aromatic carbocycles. The molecule has 9 heteroatoms. The van der Waals surface area contributed by atoms with Crippen LogP contribution in [0.4, 0.5) is 10.5 Å². The van der Waals surface area contributed by atoms with Crippen LogP contribution in [-0.2, 0) is 16.1 Å². The summed E-state index contributed by atoms with van der Waals surface area (Å²) in [6, 6.07) is 9.08. The number of anilines is 1. The zero-order valence-electron chi connectivity index (χ0n) is 16.2. The van der Waals surface area contributed by atoms with Crippen molar-refractivity contribution >= 4 is 35.1 Å². The number of para-hydroxylation sites is 2. The Bertz CT molecular complexity index is 1020. The molecule has 0 unspecified atom stereocenters. The smallest absolute Gasteiger partial charge is 0.339 e. The van der Waals surface area contributed by atoms with Crippen molar-refractivity contribution < 1.29 is 28.6 Å². The van der Waals surface area contributed by atoms with E-state index in [1.165, 1.54) is 0 Å². The number of amides is 4. The fourth-order valence-electron chi connectivity index (χ4n) is 3.33. The van der Waals surface area contributed by atoms with Gasteiger partial charge in [-0.15, -0.1) is 0 Å². The highest BCUT2D eigenvalue weighted by atomic mass is 35.5. The van der Waals surface area contributed by atoms with Crippen LogP contribution < -0.4 is 19.1 Å². The van der Waals surface area contributed by atoms with Gasteiger partial charge in [-0.05, 0) is 36.8 Å². The van der Waals surface area contributed by atoms with Gasteiger partial charge in [0.05, 0.1) is 37.1 Å². The van der Waals surface area contributed by atoms with E-state index in [0.717, 1.165) is 9.80 Å². The summed E-state index contributed by atoms with van der Waals surface area (Å²) in [5, 5.41) is 0.313. The van der Waals surface area contributed by atoms with Crippen molar-refractivity contribution in [3.8, 4) is 17.2 Å². The summed E-state index contributed by atoms with van der Waals surface area (Å²) in [5.41, 5.74) is 0.764.